The maximum atomic E-state index is 4.24. The van der Waals surface area contributed by atoms with Crippen LogP contribution in [0, 0.1) is 0 Å². The van der Waals surface area contributed by atoms with E-state index in [-0.39, 0.29) is 0 Å². The number of nitrogens with one attached hydrogen (secondary N) is 1. The van der Waals surface area contributed by atoms with E-state index in [1.807, 2.05) is 10.9 Å². The zero-order valence-electron chi connectivity index (χ0n) is 11.7. The van der Waals surface area contributed by atoms with Crippen LogP contribution < -0.4 is 5.32 Å². The molecule has 1 N–H and O–H groups in total. The number of fused-ring (bicyclic) bond motifs is 1. The van der Waals surface area contributed by atoms with Gasteiger partial charge in [0, 0.05) is 18.0 Å². The molecule has 4 nitrogen and oxygen atoms in total. The molecule has 1 aromatic heterocycles. The van der Waals surface area contributed by atoms with Gasteiger partial charge >= 0.3 is 0 Å². The molecule has 4 heteroatoms. The van der Waals surface area contributed by atoms with Gasteiger partial charge in [-0.15, -0.1) is 5.10 Å². The summed E-state index contributed by atoms with van der Waals surface area (Å²) in [4.78, 5) is 0. The van der Waals surface area contributed by atoms with E-state index in [2.05, 4.69) is 71.9 Å². The fraction of sp³-hybridized carbons (Fsp3) is 0.250. The van der Waals surface area contributed by atoms with Crippen LogP contribution in [0.25, 0.3) is 16.5 Å². The van der Waals surface area contributed by atoms with Gasteiger partial charge in [0.2, 0.25) is 0 Å². The minimum atomic E-state index is 0.436. The summed E-state index contributed by atoms with van der Waals surface area (Å²) >= 11 is 0. The monoisotopic (exact) mass is 266 g/mol. The van der Waals surface area contributed by atoms with Crippen molar-refractivity contribution < 1.29 is 0 Å². The third-order valence-electron chi connectivity index (χ3n) is 3.31. The molecule has 0 aliphatic rings. The van der Waals surface area contributed by atoms with Crippen molar-refractivity contribution in [3.8, 4) is 5.69 Å². The molecule has 0 spiro atoms. The number of benzene rings is 2. The average Bonchev–Trinajstić information content (AvgIpc) is 2.92. The largest absolute Gasteiger partial charge is 0.309 e. The van der Waals surface area contributed by atoms with Gasteiger partial charge in [-0.3, -0.25) is 0 Å². The first kappa shape index (κ1) is 12.8. The van der Waals surface area contributed by atoms with Crippen LogP contribution in [0.5, 0.6) is 0 Å². The van der Waals surface area contributed by atoms with Gasteiger partial charge in [0.25, 0.3) is 0 Å². The van der Waals surface area contributed by atoms with Gasteiger partial charge in [0.05, 0.1) is 17.6 Å². The number of hydrogen-bond donors (Lipinski definition) is 1. The SMILES string of the molecule is CC(C)NCc1cnnn1-c1cccc2ccccc12. The van der Waals surface area contributed by atoms with Crippen LogP contribution in [-0.4, -0.2) is 21.0 Å². The summed E-state index contributed by atoms with van der Waals surface area (Å²) in [6.07, 6.45) is 1.82. The quantitative estimate of drug-likeness (QED) is 0.789. The summed E-state index contributed by atoms with van der Waals surface area (Å²) in [5, 5.41) is 14.1. The Morgan fingerprint density at radius 3 is 2.75 bits per heavy atom. The highest BCUT2D eigenvalue weighted by Crippen LogP contribution is 2.22. The van der Waals surface area contributed by atoms with Crippen LogP contribution in [0.2, 0.25) is 0 Å². The molecule has 0 saturated heterocycles. The highest BCUT2D eigenvalue weighted by molar-refractivity contribution is 5.90. The second-order valence-corrected chi connectivity index (χ2v) is 5.17. The van der Waals surface area contributed by atoms with Crippen LogP contribution in [0.15, 0.2) is 48.7 Å². The van der Waals surface area contributed by atoms with Crippen molar-refractivity contribution in [1.82, 2.24) is 20.3 Å². The van der Waals surface area contributed by atoms with Crippen LogP contribution in [-0.2, 0) is 6.54 Å². The Bertz CT molecular complexity index is 710. The number of hydrogen-bond acceptors (Lipinski definition) is 3. The van der Waals surface area contributed by atoms with Crippen molar-refractivity contribution in [2.45, 2.75) is 26.4 Å². The summed E-state index contributed by atoms with van der Waals surface area (Å²) in [6, 6.07) is 15.0. The number of nitrogens with zero attached hydrogens (tertiary/aromatic N) is 3. The Hall–Kier alpha value is -2.20. The predicted molar refractivity (Wildman–Crippen MR) is 80.8 cm³/mol. The third kappa shape index (κ3) is 2.42. The van der Waals surface area contributed by atoms with Crippen molar-refractivity contribution in [2.75, 3.05) is 0 Å². The Morgan fingerprint density at radius 1 is 1.10 bits per heavy atom. The fourth-order valence-electron chi connectivity index (χ4n) is 2.28. The van der Waals surface area contributed by atoms with Gasteiger partial charge in [0.1, 0.15) is 0 Å². The molecule has 0 fully saturated rings. The Labute approximate surface area is 118 Å². The molecule has 0 unspecified atom stereocenters. The molecule has 3 rings (SSSR count). The molecule has 0 amide bonds. The summed E-state index contributed by atoms with van der Waals surface area (Å²) in [5.41, 5.74) is 2.14. The molecule has 0 aliphatic carbocycles. The standard InChI is InChI=1S/C16H18N4/c1-12(2)17-10-14-11-18-19-20(14)16-9-5-7-13-6-3-4-8-15(13)16/h3-9,11-12,17H,10H2,1-2H3. The lowest BCUT2D eigenvalue weighted by molar-refractivity contribution is 0.570. The molecule has 1 heterocycles. The van der Waals surface area contributed by atoms with E-state index in [4.69, 9.17) is 0 Å². The first-order valence-corrected chi connectivity index (χ1v) is 6.87. The zero-order valence-corrected chi connectivity index (χ0v) is 11.7. The van der Waals surface area contributed by atoms with Crippen molar-refractivity contribution in [1.29, 1.82) is 0 Å². The summed E-state index contributed by atoms with van der Waals surface area (Å²) < 4.78 is 1.91. The number of rotatable bonds is 4. The van der Waals surface area contributed by atoms with Gasteiger partial charge in [-0.05, 0) is 11.5 Å². The Morgan fingerprint density at radius 2 is 1.90 bits per heavy atom. The molecule has 0 atom stereocenters. The Kier molecular flexibility index (Phi) is 3.48. The normalized spacial score (nSPS) is 11.3. The molecular weight excluding hydrogens is 248 g/mol. The molecule has 0 bridgehead atoms. The second-order valence-electron chi connectivity index (χ2n) is 5.17. The first-order valence-electron chi connectivity index (χ1n) is 6.87. The molecule has 102 valence electrons. The zero-order chi connectivity index (χ0) is 13.9. The molecule has 0 saturated carbocycles. The van der Waals surface area contributed by atoms with Gasteiger partial charge in [0.15, 0.2) is 0 Å². The van der Waals surface area contributed by atoms with Crippen LogP contribution in [0.1, 0.15) is 19.5 Å². The van der Waals surface area contributed by atoms with Crippen molar-refractivity contribution in [2.24, 2.45) is 0 Å². The maximum absolute atomic E-state index is 4.24. The van der Waals surface area contributed by atoms with Crippen LogP contribution in [0.4, 0.5) is 0 Å². The molecule has 20 heavy (non-hydrogen) atoms. The summed E-state index contributed by atoms with van der Waals surface area (Å²) in [7, 11) is 0. The van der Waals surface area contributed by atoms with E-state index >= 15 is 0 Å². The minimum absolute atomic E-state index is 0.436. The van der Waals surface area contributed by atoms with E-state index in [1.165, 1.54) is 10.8 Å². The van der Waals surface area contributed by atoms with Gasteiger partial charge in [-0.2, -0.15) is 0 Å². The minimum Gasteiger partial charge on any atom is -0.309 e. The van der Waals surface area contributed by atoms with E-state index in [0.29, 0.717) is 6.04 Å². The van der Waals surface area contributed by atoms with Gasteiger partial charge in [-0.25, -0.2) is 4.68 Å². The molecule has 2 aromatic carbocycles. The molecular formula is C16H18N4. The molecule has 0 radical (unpaired) electrons. The fourth-order valence-corrected chi connectivity index (χ4v) is 2.28. The summed E-state index contributed by atoms with van der Waals surface area (Å²) in [5.74, 6) is 0. The van der Waals surface area contributed by atoms with E-state index < -0.39 is 0 Å². The van der Waals surface area contributed by atoms with Crippen molar-refractivity contribution in [3.05, 3.63) is 54.4 Å². The first-order chi connectivity index (χ1) is 9.75. The smallest absolute Gasteiger partial charge is 0.0784 e. The summed E-state index contributed by atoms with van der Waals surface area (Å²) in [6.45, 7) is 5.02. The highest BCUT2D eigenvalue weighted by atomic mass is 15.4. The van der Waals surface area contributed by atoms with Gasteiger partial charge < -0.3 is 5.32 Å². The average molecular weight is 266 g/mol. The third-order valence-corrected chi connectivity index (χ3v) is 3.31. The van der Waals surface area contributed by atoms with Gasteiger partial charge in [-0.1, -0.05) is 55.5 Å². The lowest BCUT2D eigenvalue weighted by Crippen LogP contribution is -2.23. The van der Waals surface area contributed by atoms with Crippen molar-refractivity contribution in [3.63, 3.8) is 0 Å². The van der Waals surface area contributed by atoms with Crippen LogP contribution in [0.3, 0.4) is 0 Å². The van der Waals surface area contributed by atoms with E-state index in [9.17, 15) is 0 Å². The Balaban J connectivity index is 2.05. The lowest BCUT2D eigenvalue weighted by atomic mass is 10.1. The predicted octanol–water partition coefficient (Wildman–Crippen LogP) is 2.92. The van der Waals surface area contributed by atoms with E-state index in [0.717, 1.165) is 17.9 Å². The highest BCUT2D eigenvalue weighted by Gasteiger charge is 2.09. The topological polar surface area (TPSA) is 42.7 Å². The van der Waals surface area contributed by atoms with E-state index in [1.54, 1.807) is 0 Å². The maximum Gasteiger partial charge on any atom is 0.0784 e. The number of aromatic nitrogens is 3. The van der Waals surface area contributed by atoms with Crippen molar-refractivity contribution >= 4 is 10.8 Å². The second kappa shape index (κ2) is 5.43. The molecule has 0 aliphatic heterocycles. The lowest BCUT2D eigenvalue weighted by Gasteiger charge is -2.11. The van der Waals surface area contributed by atoms with Crippen LogP contribution >= 0.6 is 0 Å². The molecule has 3 aromatic rings.